The Morgan fingerprint density at radius 3 is 2.39 bits per heavy atom. The number of hydrogen-bond acceptors (Lipinski definition) is 5. The van der Waals surface area contributed by atoms with E-state index in [9.17, 15) is 4.79 Å². The molecule has 4 rings (SSSR count). The molecule has 0 aliphatic rings. The molecule has 1 N–H and O–H groups in total. The molecule has 1 aromatic heterocycles. The lowest BCUT2D eigenvalue weighted by Gasteiger charge is -2.11. The van der Waals surface area contributed by atoms with E-state index in [0.717, 1.165) is 22.7 Å². The minimum Gasteiger partial charge on any atom is -0.497 e. The number of anilines is 1. The quantitative estimate of drug-likeness (QED) is 0.330. The van der Waals surface area contributed by atoms with Crippen molar-refractivity contribution in [2.24, 2.45) is 0 Å². The van der Waals surface area contributed by atoms with Crippen molar-refractivity contribution in [3.8, 4) is 5.75 Å². The SMILES string of the molecule is COc1ccc(Cc2nnc(SCC(=O)Nc3ccc(Cl)cc3)n2Cc2ccccc2)cc1. The molecule has 0 saturated heterocycles. The molecule has 0 spiro atoms. The summed E-state index contributed by atoms with van der Waals surface area (Å²) in [7, 11) is 1.65. The van der Waals surface area contributed by atoms with E-state index in [1.165, 1.54) is 11.8 Å². The van der Waals surface area contributed by atoms with Gasteiger partial charge in [0.1, 0.15) is 11.6 Å². The van der Waals surface area contributed by atoms with Gasteiger partial charge in [0.15, 0.2) is 5.16 Å². The van der Waals surface area contributed by atoms with Crippen molar-refractivity contribution >= 4 is 35.0 Å². The number of aromatic nitrogens is 3. The molecule has 0 atom stereocenters. The minimum atomic E-state index is -0.117. The van der Waals surface area contributed by atoms with Gasteiger partial charge in [-0.05, 0) is 47.5 Å². The maximum atomic E-state index is 12.5. The van der Waals surface area contributed by atoms with Crippen LogP contribution in [-0.2, 0) is 17.8 Å². The number of nitrogens with zero attached hydrogens (tertiary/aromatic N) is 3. The molecule has 0 aliphatic carbocycles. The second kappa shape index (κ2) is 11.0. The fourth-order valence-corrected chi connectivity index (χ4v) is 4.15. The van der Waals surface area contributed by atoms with Crippen LogP contribution in [0.5, 0.6) is 5.75 Å². The Labute approximate surface area is 202 Å². The van der Waals surface area contributed by atoms with E-state index in [0.29, 0.717) is 28.8 Å². The average Bonchev–Trinajstić information content (AvgIpc) is 3.21. The third-order valence-electron chi connectivity index (χ3n) is 4.96. The smallest absolute Gasteiger partial charge is 0.234 e. The molecule has 0 unspecified atom stereocenters. The summed E-state index contributed by atoms with van der Waals surface area (Å²) in [6.07, 6.45) is 0.626. The van der Waals surface area contributed by atoms with E-state index in [1.807, 2.05) is 42.5 Å². The Bertz CT molecular complexity index is 1200. The standard InChI is InChI=1S/C25H23ClN4O2S/c1-32-22-13-7-18(8-14-22)15-23-28-29-25(30(23)16-19-5-3-2-4-6-19)33-17-24(31)27-21-11-9-20(26)10-12-21/h2-14H,15-17H2,1H3,(H,27,31). The maximum absolute atomic E-state index is 12.5. The summed E-state index contributed by atoms with van der Waals surface area (Å²) in [4.78, 5) is 12.5. The summed E-state index contributed by atoms with van der Waals surface area (Å²) in [5, 5.41) is 13.0. The fourth-order valence-electron chi connectivity index (χ4n) is 3.27. The Morgan fingerprint density at radius 2 is 1.70 bits per heavy atom. The molecule has 8 heteroatoms. The molecule has 0 aliphatic heterocycles. The van der Waals surface area contributed by atoms with Gasteiger partial charge in [0.05, 0.1) is 19.4 Å². The highest BCUT2D eigenvalue weighted by molar-refractivity contribution is 7.99. The number of hydrogen-bond donors (Lipinski definition) is 1. The first kappa shape index (κ1) is 22.9. The third-order valence-corrected chi connectivity index (χ3v) is 6.18. The molecule has 3 aromatic carbocycles. The molecule has 1 amide bonds. The maximum Gasteiger partial charge on any atom is 0.234 e. The molecule has 0 radical (unpaired) electrons. The van der Waals surface area contributed by atoms with Gasteiger partial charge >= 0.3 is 0 Å². The number of benzene rings is 3. The Morgan fingerprint density at radius 1 is 0.970 bits per heavy atom. The van der Waals surface area contributed by atoms with Crippen molar-refractivity contribution in [1.29, 1.82) is 0 Å². The summed E-state index contributed by atoms with van der Waals surface area (Å²) in [5.74, 6) is 1.75. The number of nitrogens with one attached hydrogen (secondary N) is 1. The van der Waals surface area contributed by atoms with Crippen molar-refractivity contribution in [3.63, 3.8) is 0 Å². The number of amides is 1. The predicted molar refractivity (Wildman–Crippen MR) is 132 cm³/mol. The van der Waals surface area contributed by atoms with Gasteiger partial charge in [-0.15, -0.1) is 10.2 Å². The van der Waals surface area contributed by atoms with Gasteiger partial charge < -0.3 is 14.6 Å². The van der Waals surface area contributed by atoms with Crippen LogP contribution in [0.15, 0.2) is 84.0 Å². The van der Waals surface area contributed by atoms with E-state index in [1.54, 1.807) is 31.4 Å². The molecule has 4 aromatic rings. The van der Waals surface area contributed by atoms with Gasteiger partial charge in [0.2, 0.25) is 5.91 Å². The summed E-state index contributed by atoms with van der Waals surface area (Å²) >= 11 is 7.27. The monoisotopic (exact) mass is 478 g/mol. The van der Waals surface area contributed by atoms with Crippen LogP contribution >= 0.6 is 23.4 Å². The normalized spacial score (nSPS) is 10.7. The van der Waals surface area contributed by atoms with Crippen LogP contribution in [0.3, 0.4) is 0 Å². The Hall–Kier alpha value is -3.29. The number of thioether (sulfide) groups is 1. The van der Waals surface area contributed by atoms with E-state index < -0.39 is 0 Å². The molecule has 0 fully saturated rings. The predicted octanol–water partition coefficient (Wildman–Crippen LogP) is 5.31. The lowest BCUT2D eigenvalue weighted by Crippen LogP contribution is -2.15. The third kappa shape index (κ3) is 6.37. The van der Waals surface area contributed by atoms with Crippen LogP contribution in [0, 0.1) is 0 Å². The molecular formula is C25H23ClN4O2S. The lowest BCUT2D eigenvalue weighted by atomic mass is 10.1. The largest absolute Gasteiger partial charge is 0.497 e. The van der Waals surface area contributed by atoms with Crippen LogP contribution in [0.1, 0.15) is 17.0 Å². The van der Waals surface area contributed by atoms with Gasteiger partial charge in [-0.3, -0.25) is 4.79 Å². The second-order valence-corrected chi connectivity index (χ2v) is 8.72. The highest BCUT2D eigenvalue weighted by Gasteiger charge is 2.15. The number of rotatable bonds is 9. The number of methoxy groups -OCH3 is 1. The van der Waals surface area contributed by atoms with Crippen LogP contribution in [-0.4, -0.2) is 33.5 Å². The minimum absolute atomic E-state index is 0.117. The van der Waals surface area contributed by atoms with Crippen molar-refractivity contribution in [2.45, 2.75) is 18.1 Å². The van der Waals surface area contributed by atoms with Gasteiger partial charge in [0, 0.05) is 17.1 Å². The summed E-state index contributed by atoms with van der Waals surface area (Å²) < 4.78 is 7.32. The lowest BCUT2D eigenvalue weighted by molar-refractivity contribution is -0.113. The van der Waals surface area contributed by atoms with Gasteiger partial charge in [0.25, 0.3) is 0 Å². The molecule has 6 nitrogen and oxygen atoms in total. The van der Waals surface area contributed by atoms with E-state index in [-0.39, 0.29) is 11.7 Å². The first-order valence-electron chi connectivity index (χ1n) is 10.4. The zero-order valence-electron chi connectivity index (χ0n) is 18.1. The number of carbonyl (C=O) groups is 1. The topological polar surface area (TPSA) is 69.0 Å². The molecule has 0 bridgehead atoms. The van der Waals surface area contributed by atoms with Gasteiger partial charge in [-0.1, -0.05) is 65.8 Å². The van der Waals surface area contributed by atoms with Crippen molar-refractivity contribution in [2.75, 3.05) is 18.2 Å². The van der Waals surface area contributed by atoms with Gasteiger partial charge in [-0.25, -0.2) is 0 Å². The number of ether oxygens (including phenoxy) is 1. The highest BCUT2D eigenvalue weighted by Crippen LogP contribution is 2.22. The van der Waals surface area contributed by atoms with Crippen LogP contribution < -0.4 is 10.1 Å². The van der Waals surface area contributed by atoms with Crippen LogP contribution in [0.4, 0.5) is 5.69 Å². The van der Waals surface area contributed by atoms with E-state index in [2.05, 4.69) is 32.2 Å². The van der Waals surface area contributed by atoms with E-state index in [4.69, 9.17) is 16.3 Å². The molecule has 0 saturated carbocycles. The van der Waals surface area contributed by atoms with Crippen molar-refractivity contribution < 1.29 is 9.53 Å². The molecule has 1 heterocycles. The first-order chi connectivity index (χ1) is 16.1. The van der Waals surface area contributed by atoms with Crippen LogP contribution in [0.25, 0.3) is 0 Å². The summed E-state index contributed by atoms with van der Waals surface area (Å²) in [6.45, 7) is 0.625. The van der Waals surface area contributed by atoms with Crippen molar-refractivity contribution in [3.05, 3.63) is 101 Å². The fraction of sp³-hybridized carbons (Fsp3) is 0.160. The molecular weight excluding hydrogens is 456 g/mol. The number of carbonyl (C=O) groups excluding carboxylic acids is 1. The van der Waals surface area contributed by atoms with Gasteiger partial charge in [-0.2, -0.15) is 0 Å². The average molecular weight is 479 g/mol. The van der Waals surface area contributed by atoms with E-state index >= 15 is 0 Å². The zero-order valence-corrected chi connectivity index (χ0v) is 19.6. The van der Waals surface area contributed by atoms with Crippen LogP contribution in [0.2, 0.25) is 5.02 Å². The first-order valence-corrected chi connectivity index (χ1v) is 11.7. The Balaban J connectivity index is 1.49. The highest BCUT2D eigenvalue weighted by atomic mass is 35.5. The zero-order chi connectivity index (χ0) is 23.0. The number of halogens is 1. The molecule has 168 valence electrons. The summed E-state index contributed by atoms with van der Waals surface area (Å²) in [6, 6.07) is 25.1. The van der Waals surface area contributed by atoms with Crippen molar-refractivity contribution in [1.82, 2.24) is 14.8 Å². The second-order valence-electron chi connectivity index (χ2n) is 7.34. The Kier molecular flexibility index (Phi) is 7.65. The summed E-state index contributed by atoms with van der Waals surface area (Å²) in [5.41, 5.74) is 2.95. The molecule has 33 heavy (non-hydrogen) atoms.